The molecule has 1 spiro atoms. The number of rotatable bonds is 5. The molecule has 1 saturated heterocycles. The number of ether oxygens (including phenoxy) is 2. The van der Waals surface area contributed by atoms with Crippen molar-refractivity contribution >= 4 is 46.6 Å². The lowest BCUT2D eigenvalue weighted by Crippen LogP contribution is -2.49. The Morgan fingerprint density at radius 1 is 0.970 bits per heavy atom. The molecule has 0 aliphatic carbocycles. The normalized spacial score (nSPS) is 19.4. The molecular weight excluding hydrogens is 460 g/mol. The van der Waals surface area contributed by atoms with Gasteiger partial charge in [0.15, 0.2) is 0 Å². The van der Waals surface area contributed by atoms with Crippen LogP contribution in [0.3, 0.4) is 0 Å². The Kier molecular flexibility index (Phi) is 5.46. The number of methoxy groups -OCH3 is 2. The van der Waals surface area contributed by atoms with Crippen molar-refractivity contribution in [2.45, 2.75) is 11.4 Å². The lowest BCUT2D eigenvalue weighted by atomic mass is 10.0. The van der Waals surface area contributed by atoms with Crippen molar-refractivity contribution in [1.82, 2.24) is 0 Å². The quantitative estimate of drug-likeness (QED) is 0.523. The zero-order valence-electron chi connectivity index (χ0n) is 18.1. The fourth-order valence-electron chi connectivity index (χ4n) is 4.41. The highest BCUT2D eigenvalue weighted by Crippen LogP contribution is 2.56. The fourth-order valence-corrected chi connectivity index (χ4v) is 5.89. The van der Waals surface area contributed by atoms with Gasteiger partial charge in [-0.3, -0.25) is 14.5 Å². The third kappa shape index (κ3) is 3.43. The average molecular weight is 481 g/mol. The van der Waals surface area contributed by atoms with Gasteiger partial charge < -0.3 is 14.4 Å². The van der Waals surface area contributed by atoms with Gasteiger partial charge in [0.1, 0.15) is 11.5 Å². The number of thioether (sulfide) groups is 1. The van der Waals surface area contributed by atoms with Crippen molar-refractivity contribution in [2.24, 2.45) is 0 Å². The second-order valence-electron chi connectivity index (χ2n) is 7.77. The highest BCUT2D eigenvalue weighted by atomic mass is 35.5. The Bertz CT molecular complexity index is 1230. The summed E-state index contributed by atoms with van der Waals surface area (Å²) in [5, 5.41) is 0.637. The lowest BCUT2D eigenvalue weighted by molar-refractivity contribution is -0.123. The van der Waals surface area contributed by atoms with Crippen molar-refractivity contribution in [3.8, 4) is 11.5 Å². The van der Waals surface area contributed by atoms with E-state index >= 15 is 0 Å². The smallest absolute Gasteiger partial charge is 0.269 e. The van der Waals surface area contributed by atoms with Crippen LogP contribution in [-0.2, 0) is 21.0 Å². The maximum absolute atomic E-state index is 14.1. The summed E-state index contributed by atoms with van der Waals surface area (Å²) >= 11 is 7.38. The van der Waals surface area contributed by atoms with E-state index in [0.29, 0.717) is 28.8 Å². The molecule has 6 nitrogen and oxygen atoms in total. The number of fused-ring (bicyclic) bond motifs is 2. The number of anilines is 2. The van der Waals surface area contributed by atoms with Crippen LogP contribution in [0.1, 0.15) is 11.1 Å². The number of benzene rings is 3. The largest absolute Gasteiger partial charge is 0.497 e. The summed E-state index contributed by atoms with van der Waals surface area (Å²) in [6.45, 7) is 0.374. The molecule has 0 saturated carbocycles. The first kappa shape index (κ1) is 21.7. The molecule has 2 aliphatic heterocycles. The summed E-state index contributed by atoms with van der Waals surface area (Å²) in [7, 11) is 3.11. The number of carbonyl (C=O) groups is 2. The zero-order chi connectivity index (χ0) is 23.2. The number of para-hydroxylation sites is 1. The molecule has 2 heterocycles. The van der Waals surface area contributed by atoms with E-state index in [9.17, 15) is 9.59 Å². The molecule has 0 bridgehead atoms. The summed E-state index contributed by atoms with van der Waals surface area (Å²) < 4.78 is 10.8. The Morgan fingerprint density at radius 2 is 1.64 bits per heavy atom. The van der Waals surface area contributed by atoms with E-state index in [1.165, 1.54) is 11.8 Å². The van der Waals surface area contributed by atoms with Crippen LogP contribution in [0, 0.1) is 0 Å². The van der Waals surface area contributed by atoms with Crippen LogP contribution < -0.4 is 19.3 Å². The van der Waals surface area contributed by atoms with E-state index in [1.807, 2.05) is 48.5 Å². The summed E-state index contributed by atoms with van der Waals surface area (Å²) in [5.74, 6) is 0.971. The second kappa shape index (κ2) is 8.32. The lowest BCUT2D eigenvalue weighted by Gasteiger charge is -2.33. The molecule has 0 aromatic heterocycles. The molecule has 3 aromatic rings. The predicted octanol–water partition coefficient (Wildman–Crippen LogP) is 4.84. The summed E-state index contributed by atoms with van der Waals surface area (Å²) in [5.41, 5.74) is 3.09. The highest BCUT2D eigenvalue weighted by molar-refractivity contribution is 8.02. The van der Waals surface area contributed by atoms with Gasteiger partial charge >= 0.3 is 0 Å². The zero-order valence-corrected chi connectivity index (χ0v) is 19.7. The number of amides is 2. The van der Waals surface area contributed by atoms with Gasteiger partial charge in [0.05, 0.1) is 37.9 Å². The van der Waals surface area contributed by atoms with Gasteiger partial charge in [0.25, 0.3) is 5.91 Å². The SMILES string of the molecule is COc1cc(OC)cc(N2C(=O)CS[C@@]23C(=O)N(Cc2ccc(Cl)cc2)c2ccccc23)c1. The maximum atomic E-state index is 14.1. The van der Waals surface area contributed by atoms with Gasteiger partial charge in [-0.25, -0.2) is 0 Å². The highest BCUT2D eigenvalue weighted by Gasteiger charge is 2.61. The second-order valence-corrected chi connectivity index (χ2v) is 9.37. The molecule has 0 radical (unpaired) electrons. The van der Waals surface area contributed by atoms with E-state index in [-0.39, 0.29) is 17.6 Å². The third-order valence-electron chi connectivity index (χ3n) is 5.91. The average Bonchev–Trinajstić information content (AvgIpc) is 3.31. The van der Waals surface area contributed by atoms with Gasteiger partial charge in [-0.1, -0.05) is 41.9 Å². The van der Waals surface area contributed by atoms with Crippen molar-refractivity contribution in [3.05, 3.63) is 82.9 Å². The van der Waals surface area contributed by atoms with Crippen LogP contribution in [0.5, 0.6) is 11.5 Å². The monoisotopic (exact) mass is 480 g/mol. The molecule has 0 unspecified atom stereocenters. The Labute approximate surface area is 201 Å². The van der Waals surface area contributed by atoms with Gasteiger partial charge in [0, 0.05) is 28.8 Å². The number of hydrogen-bond donors (Lipinski definition) is 0. The minimum absolute atomic E-state index is 0.146. The molecule has 2 amide bonds. The number of carbonyl (C=O) groups excluding carboxylic acids is 2. The van der Waals surface area contributed by atoms with Crippen molar-refractivity contribution < 1.29 is 19.1 Å². The van der Waals surface area contributed by atoms with E-state index in [0.717, 1.165) is 16.8 Å². The van der Waals surface area contributed by atoms with Gasteiger partial charge in [-0.15, -0.1) is 11.8 Å². The maximum Gasteiger partial charge on any atom is 0.269 e. The van der Waals surface area contributed by atoms with Gasteiger partial charge in [0.2, 0.25) is 10.8 Å². The van der Waals surface area contributed by atoms with E-state index < -0.39 is 4.87 Å². The van der Waals surface area contributed by atoms with E-state index in [2.05, 4.69) is 0 Å². The molecule has 3 aromatic carbocycles. The number of nitrogens with zero attached hydrogens (tertiary/aromatic N) is 2. The van der Waals surface area contributed by atoms with Gasteiger partial charge in [-0.2, -0.15) is 0 Å². The standard InChI is InChI=1S/C25H21ClN2O4S/c1-31-19-11-18(12-20(13-19)32-2)28-23(29)15-33-25(28)21-5-3-4-6-22(21)27(24(25)30)14-16-7-9-17(26)10-8-16/h3-13H,14-15H2,1-2H3/t25-/m0/s1. The molecular formula is C25H21ClN2O4S. The van der Waals surface area contributed by atoms with E-state index in [1.54, 1.807) is 42.2 Å². The number of hydrogen-bond acceptors (Lipinski definition) is 5. The van der Waals surface area contributed by atoms with Crippen molar-refractivity contribution in [1.29, 1.82) is 0 Å². The Morgan fingerprint density at radius 3 is 2.30 bits per heavy atom. The Balaban J connectivity index is 1.64. The molecule has 2 aliphatic rings. The molecule has 5 rings (SSSR count). The van der Waals surface area contributed by atoms with Crippen molar-refractivity contribution in [2.75, 3.05) is 29.8 Å². The predicted molar refractivity (Wildman–Crippen MR) is 130 cm³/mol. The van der Waals surface area contributed by atoms with Crippen LogP contribution in [0.25, 0.3) is 0 Å². The van der Waals surface area contributed by atoms with E-state index in [4.69, 9.17) is 21.1 Å². The van der Waals surface area contributed by atoms with Gasteiger partial charge in [-0.05, 0) is 23.8 Å². The summed E-state index contributed by atoms with van der Waals surface area (Å²) in [6.07, 6.45) is 0. The number of halogens is 1. The first-order valence-corrected chi connectivity index (χ1v) is 11.7. The molecule has 33 heavy (non-hydrogen) atoms. The minimum atomic E-state index is -1.20. The van der Waals surface area contributed by atoms with Crippen LogP contribution in [0.2, 0.25) is 5.02 Å². The molecule has 8 heteroatoms. The summed E-state index contributed by atoms with van der Waals surface area (Å²) in [4.78, 5) is 29.5. The molecule has 1 fully saturated rings. The minimum Gasteiger partial charge on any atom is -0.497 e. The molecule has 168 valence electrons. The third-order valence-corrected chi connectivity index (χ3v) is 7.55. The first-order valence-electron chi connectivity index (χ1n) is 10.3. The topological polar surface area (TPSA) is 59.1 Å². The summed E-state index contributed by atoms with van der Waals surface area (Å²) in [6, 6.07) is 20.3. The van der Waals surface area contributed by atoms with Crippen LogP contribution in [-0.4, -0.2) is 31.8 Å². The molecule has 1 atom stereocenters. The van der Waals surface area contributed by atoms with Crippen LogP contribution >= 0.6 is 23.4 Å². The van der Waals surface area contributed by atoms with Crippen LogP contribution in [0.15, 0.2) is 66.7 Å². The Hall–Kier alpha value is -3.16. The molecule has 0 N–H and O–H groups in total. The fraction of sp³-hybridized carbons (Fsp3) is 0.200. The van der Waals surface area contributed by atoms with Crippen LogP contribution in [0.4, 0.5) is 11.4 Å². The van der Waals surface area contributed by atoms with Crippen molar-refractivity contribution in [3.63, 3.8) is 0 Å². The first-order chi connectivity index (χ1) is 16.0.